The average Bonchev–Trinajstić information content (AvgIpc) is 2.66. The van der Waals surface area contributed by atoms with Crippen molar-refractivity contribution in [3.63, 3.8) is 0 Å². The van der Waals surface area contributed by atoms with Gasteiger partial charge in [0.05, 0.1) is 6.17 Å². The van der Waals surface area contributed by atoms with Gasteiger partial charge >= 0.3 is 0 Å². The molecule has 1 unspecified atom stereocenters. The van der Waals surface area contributed by atoms with Gasteiger partial charge in [-0.15, -0.1) is 0 Å². The number of β-lactam (4-membered cyclic amide) rings is 1. The first-order chi connectivity index (χ1) is 13.4. The van der Waals surface area contributed by atoms with Crippen molar-refractivity contribution < 1.29 is 23.9 Å². The summed E-state index contributed by atoms with van der Waals surface area (Å²) in [7, 11) is 1.72. The monoisotopic (exact) mass is 390 g/mol. The molecule has 28 heavy (non-hydrogen) atoms. The number of aryl methyl sites for hydroxylation is 1. The number of amides is 4. The first kappa shape index (κ1) is 21.5. The molecule has 0 spiro atoms. The fraction of sp³-hybridized carbons (Fsp3) is 0.474. The van der Waals surface area contributed by atoms with Crippen LogP contribution in [0.1, 0.15) is 25.3 Å². The molecule has 4 amide bonds. The van der Waals surface area contributed by atoms with Crippen LogP contribution in [-0.2, 0) is 30.3 Å². The van der Waals surface area contributed by atoms with Crippen LogP contribution in [0.5, 0.6) is 0 Å². The molecule has 0 radical (unpaired) electrons. The molecule has 1 saturated heterocycles. The molecule has 0 aliphatic carbocycles. The maximum atomic E-state index is 11.9. The third-order valence-electron chi connectivity index (χ3n) is 4.29. The van der Waals surface area contributed by atoms with Crippen molar-refractivity contribution in [3.05, 3.63) is 29.8 Å². The SMILES string of the molecule is CNC(C)NC(=O)COCC(=O)Nc1ccc(CCC(=O)N2CCC2=O)cc1. The summed E-state index contributed by atoms with van der Waals surface area (Å²) in [6.07, 6.45) is 1.08. The minimum Gasteiger partial charge on any atom is -0.362 e. The molecule has 2 rings (SSSR count). The number of nitrogens with one attached hydrogen (secondary N) is 3. The number of ether oxygens (including phenoxy) is 1. The molecule has 1 aliphatic rings. The van der Waals surface area contributed by atoms with E-state index < -0.39 is 0 Å². The summed E-state index contributed by atoms with van der Waals surface area (Å²) < 4.78 is 5.09. The Bertz CT molecular complexity index is 720. The Labute approximate surface area is 163 Å². The Kier molecular flexibility index (Phi) is 8.09. The van der Waals surface area contributed by atoms with Gasteiger partial charge in [-0.25, -0.2) is 0 Å². The maximum Gasteiger partial charge on any atom is 0.250 e. The number of hydrogen-bond acceptors (Lipinski definition) is 6. The molecule has 1 aromatic carbocycles. The van der Waals surface area contributed by atoms with Crippen molar-refractivity contribution >= 4 is 29.3 Å². The van der Waals surface area contributed by atoms with Gasteiger partial charge in [0.2, 0.25) is 23.6 Å². The van der Waals surface area contributed by atoms with Crippen molar-refractivity contribution in [2.24, 2.45) is 0 Å². The Morgan fingerprint density at radius 3 is 2.39 bits per heavy atom. The summed E-state index contributed by atoms with van der Waals surface area (Å²) in [4.78, 5) is 47.7. The second-order valence-electron chi connectivity index (χ2n) is 6.50. The number of imide groups is 1. The molecule has 1 heterocycles. The van der Waals surface area contributed by atoms with E-state index in [-0.39, 0.29) is 49.4 Å². The molecular formula is C19H26N4O5. The lowest BCUT2D eigenvalue weighted by Crippen LogP contribution is -2.47. The van der Waals surface area contributed by atoms with E-state index in [4.69, 9.17) is 4.74 Å². The van der Waals surface area contributed by atoms with E-state index in [9.17, 15) is 19.2 Å². The number of rotatable bonds is 10. The predicted octanol–water partition coefficient (Wildman–Crippen LogP) is 0.0148. The Hall–Kier alpha value is -2.78. The van der Waals surface area contributed by atoms with E-state index in [2.05, 4.69) is 16.0 Å². The summed E-state index contributed by atoms with van der Waals surface area (Å²) in [6.45, 7) is 1.86. The Morgan fingerprint density at radius 1 is 1.14 bits per heavy atom. The normalized spacial score (nSPS) is 14.2. The lowest BCUT2D eigenvalue weighted by Gasteiger charge is -2.28. The number of hydrogen-bond donors (Lipinski definition) is 3. The van der Waals surface area contributed by atoms with Crippen molar-refractivity contribution in [2.75, 3.05) is 32.1 Å². The minimum absolute atomic E-state index is 0.112. The minimum atomic E-state index is -0.367. The lowest BCUT2D eigenvalue weighted by molar-refractivity contribution is -0.152. The largest absolute Gasteiger partial charge is 0.362 e. The number of likely N-dealkylation sites (tertiary alicyclic amines) is 1. The molecule has 9 heteroatoms. The van der Waals surface area contributed by atoms with E-state index in [1.807, 2.05) is 12.1 Å². The predicted molar refractivity (Wildman–Crippen MR) is 102 cm³/mol. The third kappa shape index (κ3) is 6.75. The van der Waals surface area contributed by atoms with Gasteiger partial charge in [0.15, 0.2) is 0 Å². The molecule has 1 atom stereocenters. The first-order valence-corrected chi connectivity index (χ1v) is 9.15. The molecule has 1 aliphatic heterocycles. The highest BCUT2D eigenvalue weighted by Gasteiger charge is 2.29. The van der Waals surface area contributed by atoms with Crippen LogP contribution in [0.3, 0.4) is 0 Å². The summed E-state index contributed by atoms with van der Waals surface area (Å²) in [5.74, 6) is -0.944. The molecule has 0 aromatic heterocycles. The topological polar surface area (TPSA) is 117 Å². The van der Waals surface area contributed by atoms with E-state index >= 15 is 0 Å². The van der Waals surface area contributed by atoms with Crippen molar-refractivity contribution in [1.82, 2.24) is 15.5 Å². The first-order valence-electron chi connectivity index (χ1n) is 9.15. The van der Waals surface area contributed by atoms with Crippen LogP contribution in [0, 0.1) is 0 Å². The average molecular weight is 390 g/mol. The second kappa shape index (κ2) is 10.5. The Balaban J connectivity index is 1.67. The zero-order valence-corrected chi connectivity index (χ0v) is 16.1. The number of carbonyl (C=O) groups is 4. The summed E-state index contributed by atoms with van der Waals surface area (Å²) in [5, 5.41) is 8.18. The van der Waals surface area contributed by atoms with Gasteiger partial charge in [0, 0.05) is 25.1 Å². The second-order valence-corrected chi connectivity index (χ2v) is 6.50. The van der Waals surface area contributed by atoms with Gasteiger partial charge in [-0.2, -0.15) is 0 Å². The lowest BCUT2D eigenvalue weighted by atomic mass is 10.1. The maximum absolute atomic E-state index is 11.9. The van der Waals surface area contributed by atoms with Gasteiger partial charge in [-0.1, -0.05) is 12.1 Å². The highest BCUT2D eigenvalue weighted by molar-refractivity contribution is 5.99. The van der Waals surface area contributed by atoms with Crippen LogP contribution < -0.4 is 16.0 Å². The quantitative estimate of drug-likeness (QED) is 0.383. The van der Waals surface area contributed by atoms with E-state index in [1.54, 1.807) is 26.1 Å². The van der Waals surface area contributed by atoms with Gasteiger partial charge in [-0.3, -0.25) is 24.1 Å². The zero-order valence-electron chi connectivity index (χ0n) is 16.1. The van der Waals surface area contributed by atoms with Gasteiger partial charge in [0.25, 0.3) is 0 Å². The van der Waals surface area contributed by atoms with Crippen LogP contribution in [0.25, 0.3) is 0 Å². The highest BCUT2D eigenvalue weighted by Crippen LogP contribution is 2.14. The van der Waals surface area contributed by atoms with Crippen molar-refractivity contribution in [3.8, 4) is 0 Å². The summed E-state index contributed by atoms with van der Waals surface area (Å²) >= 11 is 0. The van der Waals surface area contributed by atoms with E-state index in [0.717, 1.165) is 5.56 Å². The van der Waals surface area contributed by atoms with Crippen molar-refractivity contribution in [1.29, 1.82) is 0 Å². The smallest absolute Gasteiger partial charge is 0.250 e. The highest BCUT2D eigenvalue weighted by atomic mass is 16.5. The molecule has 9 nitrogen and oxygen atoms in total. The summed E-state index contributed by atoms with van der Waals surface area (Å²) in [6, 6.07) is 7.09. The molecule has 152 valence electrons. The molecule has 1 fully saturated rings. The van der Waals surface area contributed by atoms with E-state index in [0.29, 0.717) is 25.1 Å². The number of benzene rings is 1. The van der Waals surface area contributed by atoms with Crippen LogP contribution in [0.4, 0.5) is 5.69 Å². The number of nitrogens with zero attached hydrogens (tertiary/aromatic N) is 1. The van der Waals surface area contributed by atoms with Gasteiger partial charge < -0.3 is 20.7 Å². The van der Waals surface area contributed by atoms with Crippen LogP contribution in [0.15, 0.2) is 24.3 Å². The van der Waals surface area contributed by atoms with Crippen LogP contribution in [-0.4, -0.2) is 61.5 Å². The van der Waals surface area contributed by atoms with Crippen molar-refractivity contribution in [2.45, 2.75) is 32.4 Å². The molecular weight excluding hydrogens is 364 g/mol. The van der Waals surface area contributed by atoms with Gasteiger partial charge in [-0.05, 0) is 38.1 Å². The van der Waals surface area contributed by atoms with Crippen LogP contribution >= 0.6 is 0 Å². The number of anilines is 1. The molecule has 0 bridgehead atoms. The molecule has 1 aromatic rings. The molecule has 0 saturated carbocycles. The fourth-order valence-electron chi connectivity index (χ4n) is 2.51. The standard InChI is InChI=1S/C19H26N4O5/c1-13(20-2)21-16(24)11-28-12-17(25)22-15-6-3-14(4-7-15)5-8-18(26)23-10-9-19(23)27/h3-4,6-7,13,20H,5,8-12H2,1-2H3,(H,21,24)(H,22,25). The number of carbonyl (C=O) groups excluding carboxylic acids is 4. The third-order valence-corrected chi connectivity index (χ3v) is 4.29. The molecule has 3 N–H and O–H groups in total. The van der Waals surface area contributed by atoms with E-state index in [1.165, 1.54) is 4.90 Å². The summed E-state index contributed by atoms with van der Waals surface area (Å²) in [5.41, 5.74) is 1.53. The van der Waals surface area contributed by atoms with Gasteiger partial charge in [0.1, 0.15) is 13.2 Å². The Morgan fingerprint density at radius 2 is 1.82 bits per heavy atom. The van der Waals surface area contributed by atoms with Crippen LogP contribution in [0.2, 0.25) is 0 Å². The fourth-order valence-corrected chi connectivity index (χ4v) is 2.51. The zero-order chi connectivity index (χ0) is 20.5.